The number of anilines is 1. The first-order valence-corrected chi connectivity index (χ1v) is 9.94. The van der Waals surface area contributed by atoms with Crippen molar-refractivity contribution < 1.29 is 18.0 Å². The van der Waals surface area contributed by atoms with E-state index in [2.05, 4.69) is 21.2 Å². The molecule has 0 unspecified atom stereocenters. The van der Waals surface area contributed by atoms with Gasteiger partial charge in [0.25, 0.3) is 5.91 Å². The predicted molar refractivity (Wildman–Crippen MR) is 122 cm³/mol. The number of aromatic nitrogens is 1. The van der Waals surface area contributed by atoms with Crippen LogP contribution in [0, 0.1) is 0 Å². The molecule has 3 aromatic carbocycles. The Balaban J connectivity index is 1.51. The van der Waals surface area contributed by atoms with Crippen LogP contribution in [0.3, 0.4) is 0 Å². The lowest BCUT2D eigenvalue weighted by molar-refractivity contribution is -0.137. The standard InChI is InChI=1S/C23H17F3N4OS/c24-23(25,26)15-9-6-10-16(13-15)27-22(32)30-29-21(31)20-19(14-7-2-1-3-8-14)17-11-4-5-12-18(17)28-20/h1-13,28H,(H,29,31)(H2,27,30,32). The van der Waals surface area contributed by atoms with Crippen molar-refractivity contribution in [2.75, 3.05) is 5.32 Å². The Morgan fingerprint density at radius 2 is 1.59 bits per heavy atom. The van der Waals surface area contributed by atoms with E-state index in [-0.39, 0.29) is 10.8 Å². The number of carbonyl (C=O) groups excluding carboxylic acids is 1. The van der Waals surface area contributed by atoms with Crippen LogP contribution in [0.25, 0.3) is 22.0 Å². The van der Waals surface area contributed by atoms with Gasteiger partial charge in [0.1, 0.15) is 5.69 Å². The quantitative estimate of drug-likeness (QED) is 0.244. The van der Waals surface area contributed by atoms with E-state index < -0.39 is 17.6 Å². The van der Waals surface area contributed by atoms with Gasteiger partial charge in [0.2, 0.25) is 0 Å². The molecule has 1 aromatic heterocycles. The molecular weight excluding hydrogens is 437 g/mol. The second kappa shape index (κ2) is 8.72. The Hall–Kier alpha value is -3.85. The van der Waals surface area contributed by atoms with Gasteiger partial charge in [-0.2, -0.15) is 13.2 Å². The molecule has 0 radical (unpaired) electrons. The van der Waals surface area contributed by atoms with Gasteiger partial charge in [-0.1, -0.05) is 54.6 Å². The molecule has 4 aromatic rings. The van der Waals surface area contributed by atoms with Crippen molar-refractivity contribution >= 4 is 39.8 Å². The molecule has 4 rings (SSSR count). The third-order valence-electron chi connectivity index (χ3n) is 4.73. The van der Waals surface area contributed by atoms with Gasteiger partial charge in [-0.15, -0.1) is 0 Å². The minimum Gasteiger partial charge on any atom is -0.350 e. The SMILES string of the molecule is O=C(NNC(=S)Nc1cccc(C(F)(F)F)c1)c1[nH]c2ccccc2c1-c1ccccc1. The average Bonchev–Trinajstić information content (AvgIpc) is 3.17. The third-order valence-corrected chi connectivity index (χ3v) is 4.94. The third kappa shape index (κ3) is 4.57. The summed E-state index contributed by atoms with van der Waals surface area (Å²) in [4.78, 5) is 16.0. The van der Waals surface area contributed by atoms with E-state index in [0.717, 1.165) is 34.2 Å². The monoisotopic (exact) mass is 454 g/mol. The van der Waals surface area contributed by atoms with Gasteiger partial charge in [0.05, 0.1) is 5.56 Å². The second-order valence-corrected chi connectivity index (χ2v) is 7.31. The minimum atomic E-state index is -4.47. The summed E-state index contributed by atoms with van der Waals surface area (Å²) in [6.45, 7) is 0. The first-order valence-electron chi connectivity index (χ1n) is 9.53. The molecule has 0 aliphatic heterocycles. The van der Waals surface area contributed by atoms with Crippen LogP contribution in [0.2, 0.25) is 0 Å². The van der Waals surface area contributed by atoms with Gasteiger partial charge >= 0.3 is 6.18 Å². The summed E-state index contributed by atoms with van der Waals surface area (Å²) in [5.41, 5.74) is 7.07. The Labute approximate surface area is 186 Å². The number of benzene rings is 3. The summed E-state index contributed by atoms with van der Waals surface area (Å²) in [5, 5.41) is 3.45. The number of para-hydroxylation sites is 1. The van der Waals surface area contributed by atoms with Gasteiger partial charge in [-0.25, -0.2) is 0 Å². The van der Waals surface area contributed by atoms with E-state index in [9.17, 15) is 18.0 Å². The lowest BCUT2D eigenvalue weighted by atomic mass is 10.0. The molecule has 4 N–H and O–H groups in total. The maximum atomic E-state index is 12.9. The molecule has 32 heavy (non-hydrogen) atoms. The van der Waals surface area contributed by atoms with Gasteiger partial charge < -0.3 is 10.3 Å². The number of thiocarbonyl (C=S) groups is 1. The topological polar surface area (TPSA) is 69.0 Å². The fourth-order valence-electron chi connectivity index (χ4n) is 3.33. The number of halogens is 3. The highest BCUT2D eigenvalue weighted by molar-refractivity contribution is 7.80. The predicted octanol–water partition coefficient (Wildman–Crippen LogP) is 5.49. The number of nitrogens with one attached hydrogen (secondary N) is 4. The molecule has 0 aliphatic carbocycles. The van der Waals surface area contributed by atoms with Gasteiger partial charge in [-0.05, 0) is 42.0 Å². The van der Waals surface area contributed by atoms with Crippen molar-refractivity contribution in [2.45, 2.75) is 6.18 Å². The number of alkyl halides is 3. The summed E-state index contributed by atoms with van der Waals surface area (Å²) in [7, 11) is 0. The summed E-state index contributed by atoms with van der Waals surface area (Å²) in [6.07, 6.45) is -4.47. The number of amides is 1. The highest BCUT2D eigenvalue weighted by Crippen LogP contribution is 2.32. The van der Waals surface area contributed by atoms with Gasteiger partial charge in [0.15, 0.2) is 5.11 Å². The number of fused-ring (bicyclic) bond motifs is 1. The molecule has 9 heteroatoms. The highest BCUT2D eigenvalue weighted by Gasteiger charge is 2.30. The number of hydrogen-bond acceptors (Lipinski definition) is 2. The lowest BCUT2D eigenvalue weighted by Crippen LogP contribution is -2.44. The fraction of sp³-hybridized carbons (Fsp3) is 0.0435. The lowest BCUT2D eigenvalue weighted by Gasteiger charge is -2.13. The Morgan fingerprint density at radius 3 is 2.34 bits per heavy atom. The first-order chi connectivity index (χ1) is 15.3. The van der Waals surface area contributed by atoms with Crippen molar-refractivity contribution in [1.29, 1.82) is 0 Å². The van der Waals surface area contributed by atoms with Crippen LogP contribution in [-0.4, -0.2) is 16.0 Å². The van der Waals surface area contributed by atoms with Crippen molar-refractivity contribution in [3.8, 4) is 11.1 Å². The normalized spacial score (nSPS) is 11.2. The molecule has 1 heterocycles. The first kappa shape index (κ1) is 21.4. The van der Waals surface area contributed by atoms with E-state index in [1.807, 2.05) is 54.6 Å². The van der Waals surface area contributed by atoms with Crippen LogP contribution in [0.15, 0.2) is 78.9 Å². The zero-order valence-corrected chi connectivity index (χ0v) is 17.3. The number of hydrazine groups is 1. The van der Waals surface area contributed by atoms with Crippen LogP contribution in [0.4, 0.5) is 18.9 Å². The van der Waals surface area contributed by atoms with E-state index in [4.69, 9.17) is 12.2 Å². The zero-order chi connectivity index (χ0) is 22.7. The molecule has 162 valence electrons. The van der Waals surface area contributed by atoms with Crippen molar-refractivity contribution in [1.82, 2.24) is 15.8 Å². The molecule has 0 saturated heterocycles. The zero-order valence-electron chi connectivity index (χ0n) is 16.5. The van der Waals surface area contributed by atoms with E-state index in [0.29, 0.717) is 5.69 Å². The summed E-state index contributed by atoms with van der Waals surface area (Å²) < 4.78 is 38.6. The Morgan fingerprint density at radius 1 is 0.875 bits per heavy atom. The summed E-state index contributed by atoms with van der Waals surface area (Å²) in [5.74, 6) is -0.478. The Bertz CT molecular complexity index is 1290. The highest BCUT2D eigenvalue weighted by atomic mass is 32.1. The average molecular weight is 454 g/mol. The van der Waals surface area contributed by atoms with Crippen LogP contribution >= 0.6 is 12.2 Å². The number of hydrogen-bond donors (Lipinski definition) is 4. The van der Waals surface area contributed by atoms with Gasteiger partial charge in [-0.3, -0.25) is 15.6 Å². The molecule has 1 amide bonds. The minimum absolute atomic E-state index is 0.0601. The maximum absolute atomic E-state index is 12.9. The van der Waals surface area contributed by atoms with Gasteiger partial charge in [0, 0.05) is 22.2 Å². The molecule has 0 aliphatic rings. The number of aromatic amines is 1. The molecule has 0 spiro atoms. The second-order valence-electron chi connectivity index (χ2n) is 6.90. The molecule has 0 atom stereocenters. The van der Waals surface area contributed by atoms with Crippen LogP contribution in [0.5, 0.6) is 0 Å². The molecule has 0 fully saturated rings. The van der Waals surface area contributed by atoms with Crippen molar-refractivity contribution in [3.05, 3.63) is 90.1 Å². The molecule has 0 saturated carbocycles. The van der Waals surface area contributed by atoms with Crippen molar-refractivity contribution in [2.24, 2.45) is 0 Å². The molecular formula is C23H17F3N4OS. The smallest absolute Gasteiger partial charge is 0.350 e. The number of carbonyl (C=O) groups is 1. The van der Waals surface area contributed by atoms with Crippen molar-refractivity contribution in [3.63, 3.8) is 0 Å². The van der Waals surface area contributed by atoms with E-state index in [1.54, 1.807) is 0 Å². The number of H-pyrrole nitrogens is 1. The van der Waals surface area contributed by atoms with Crippen LogP contribution in [0.1, 0.15) is 16.1 Å². The van der Waals surface area contributed by atoms with E-state index >= 15 is 0 Å². The number of rotatable bonds is 3. The molecule has 5 nitrogen and oxygen atoms in total. The van der Waals surface area contributed by atoms with Crippen LogP contribution < -0.4 is 16.2 Å². The largest absolute Gasteiger partial charge is 0.416 e. The molecule has 0 bridgehead atoms. The fourth-order valence-corrected chi connectivity index (χ4v) is 3.50. The maximum Gasteiger partial charge on any atom is 0.416 e. The summed E-state index contributed by atoms with van der Waals surface area (Å²) >= 11 is 5.10. The summed E-state index contributed by atoms with van der Waals surface area (Å²) in [6, 6.07) is 21.6. The van der Waals surface area contributed by atoms with E-state index in [1.165, 1.54) is 12.1 Å². The Kier molecular flexibility index (Phi) is 5.83. The van der Waals surface area contributed by atoms with Crippen LogP contribution in [-0.2, 0) is 6.18 Å².